The standard InChI is InChI=1S/C20H26BrN3O3/c1-25-19-7-6-16(21)12-15(19)13-23-20(24-14-18-5-3-11-27-18)22-9-8-17-4-2-10-26-17/h2,4,6-7,10,12,18H,3,5,8-9,11,13-14H2,1H3,(H2,22,23,24). The summed E-state index contributed by atoms with van der Waals surface area (Å²) in [5.74, 6) is 2.55. The number of hydrogen-bond donors (Lipinski definition) is 2. The third kappa shape index (κ3) is 6.29. The van der Waals surface area contributed by atoms with Gasteiger partial charge in [-0.25, -0.2) is 4.99 Å². The van der Waals surface area contributed by atoms with Crippen LogP contribution in [0.4, 0.5) is 0 Å². The Morgan fingerprint density at radius 1 is 1.33 bits per heavy atom. The van der Waals surface area contributed by atoms with Crippen molar-refractivity contribution in [2.24, 2.45) is 4.99 Å². The van der Waals surface area contributed by atoms with Crippen molar-refractivity contribution in [3.63, 3.8) is 0 Å². The van der Waals surface area contributed by atoms with Gasteiger partial charge in [0.2, 0.25) is 0 Å². The van der Waals surface area contributed by atoms with E-state index in [1.54, 1.807) is 13.4 Å². The normalized spacial score (nSPS) is 17.1. The summed E-state index contributed by atoms with van der Waals surface area (Å²) >= 11 is 3.51. The molecule has 1 unspecified atom stereocenters. The minimum Gasteiger partial charge on any atom is -0.496 e. The summed E-state index contributed by atoms with van der Waals surface area (Å²) in [6, 6.07) is 9.82. The van der Waals surface area contributed by atoms with Crippen molar-refractivity contribution in [3.8, 4) is 5.75 Å². The summed E-state index contributed by atoms with van der Waals surface area (Å²) in [4.78, 5) is 4.73. The SMILES string of the molecule is COc1ccc(Br)cc1CN=C(NCCc1ccco1)NCC1CCCO1. The molecule has 3 rings (SSSR count). The molecule has 2 aromatic rings. The average Bonchev–Trinajstić information content (AvgIpc) is 3.37. The fourth-order valence-corrected chi connectivity index (χ4v) is 3.39. The molecular formula is C20H26BrN3O3. The molecular weight excluding hydrogens is 410 g/mol. The van der Waals surface area contributed by atoms with Crippen molar-refractivity contribution in [2.45, 2.75) is 31.9 Å². The van der Waals surface area contributed by atoms with Gasteiger partial charge < -0.3 is 24.5 Å². The molecule has 27 heavy (non-hydrogen) atoms. The zero-order valence-corrected chi connectivity index (χ0v) is 17.1. The number of guanidine groups is 1. The molecule has 1 aliphatic heterocycles. The number of aliphatic imine (C=N–C) groups is 1. The summed E-state index contributed by atoms with van der Waals surface area (Å²) < 4.78 is 17.5. The second-order valence-corrected chi connectivity index (χ2v) is 7.31. The molecule has 7 heteroatoms. The van der Waals surface area contributed by atoms with Crippen LogP contribution in [-0.2, 0) is 17.7 Å². The van der Waals surface area contributed by atoms with Gasteiger partial charge in [-0.05, 0) is 43.2 Å². The summed E-state index contributed by atoms with van der Waals surface area (Å²) in [5, 5.41) is 6.77. The van der Waals surface area contributed by atoms with E-state index >= 15 is 0 Å². The van der Waals surface area contributed by atoms with Gasteiger partial charge in [0.1, 0.15) is 11.5 Å². The van der Waals surface area contributed by atoms with E-state index in [1.165, 1.54) is 0 Å². The molecule has 0 saturated carbocycles. The molecule has 0 radical (unpaired) electrons. The Labute approximate surface area is 168 Å². The van der Waals surface area contributed by atoms with Gasteiger partial charge in [-0.15, -0.1) is 0 Å². The number of rotatable bonds is 8. The summed E-state index contributed by atoms with van der Waals surface area (Å²) in [6.45, 7) is 2.85. The van der Waals surface area contributed by atoms with Crippen molar-refractivity contribution in [1.82, 2.24) is 10.6 Å². The number of hydrogen-bond acceptors (Lipinski definition) is 4. The maximum Gasteiger partial charge on any atom is 0.191 e. The molecule has 1 aromatic carbocycles. The monoisotopic (exact) mass is 435 g/mol. The summed E-state index contributed by atoms with van der Waals surface area (Å²) in [7, 11) is 1.68. The van der Waals surface area contributed by atoms with Crippen LogP contribution in [0.3, 0.4) is 0 Å². The highest BCUT2D eigenvalue weighted by molar-refractivity contribution is 9.10. The zero-order chi connectivity index (χ0) is 18.9. The minimum absolute atomic E-state index is 0.252. The fourth-order valence-electron chi connectivity index (χ4n) is 2.98. The van der Waals surface area contributed by atoms with Gasteiger partial charge in [0, 0.05) is 36.2 Å². The number of nitrogens with zero attached hydrogens (tertiary/aromatic N) is 1. The molecule has 2 N–H and O–H groups in total. The first kappa shape index (κ1) is 19.8. The number of nitrogens with one attached hydrogen (secondary N) is 2. The Morgan fingerprint density at radius 3 is 3.00 bits per heavy atom. The van der Waals surface area contributed by atoms with Gasteiger partial charge in [-0.3, -0.25) is 0 Å². The van der Waals surface area contributed by atoms with Crippen LogP contribution in [0.5, 0.6) is 5.75 Å². The highest BCUT2D eigenvalue weighted by Gasteiger charge is 2.15. The number of halogens is 1. The molecule has 1 saturated heterocycles. The van der Waals surface area contributed by atoms with E-state index in [9.17, 15) is 0 Å². The fraction of sp³-hybridized carbons (Fsp3) is 0.450. The molecule has 0 bridgehead atoms. The van der Waals surface area contributed by atoms with Crippen LogP contribution in [0.1, 0.15) is 24.2 Å². The average molecular weight is 436 g/mol. The van der Waals surface area contributed by atoms with E-state index in [1.807, 2.05) is 30.3 Å². The third-order valence-electron chi connectivity index (χ3n) is 4.42. The number of ether oxygens (including phenoxy) is 2. The first-order valence-electron chi connectivity index (χ1n) is 9.23. The second-order valence-electron chi connectivity index (χ2n) is 6.39. The lowest BCUT2D eigenvalue weighted by molar-refractivity contribution is 0.114. The van der Waals surface area contributed by atoms with Crippen LogP contribution < -0.4 is 15.4 Å². The third-order valence-corrected chi connectivity index (χ3v) is 4.91. The first-order valence-corrected chi connectivity index (χ1v) is 10.0. The molecule has 146 valence electrons. The molecule has 1 aromatic heterocycles. The van der Waals surface area contributed by atoms with E-state index in [0.29, 0.717) is 6.54 Å². The topological polar surface area (TPSA) is 68.0 Å². The van der Waals surface area contributed by atoms with Crippen molar-refractivity contribution in [1.29, 1.82) is 0 Å². The van der Waals surface area contributed by atoms with Crippen molar-refractivity contribution in [2.75, 3.05) is 26.8 Å². The Hall–Kier alpha value is -1.99. The maximum atomic E-state index is 5.70. The second kappa shape index (κ2) is 10.4. The molecule has 6 nitrogen and oxygen atoms in total. The molecule has 0 aliphatic carbocycles. The highest BCUT2D eigenvalue weighted by Crippen LogP contribution is 2.23. The first-order chi connectivity index (χ1) is 13.2. The zero-order valence-electron chi connectivity index (χ0n) is 15.5. The van der Waals surface area contributed by atoms with Gasteiger partial charge in [-0.2, -0.15) is 0 Å². The number of benzene rings is 1. The molecule has 2 heterocycles. The number of furan rings is 1. The largest absolute Gasteiger partial charge is 0.496 e. The van der Waals surface area contributed by atoms with Crippen molar-refractivity contribution in [3.05, 3.63) is 52.4 Å². The van der Waals surface area contributed by atoms with Gasteiger partial charge in [0.15, 0.2) is 5.96 Å². The minimum atomic E-state index is 0.252. The molecule has 1 atom stereocenters. The van der Waals surface area contributed by atoms with Crippen LogP contribution in [0.15, 0.2) is 50.5 Å². The maximum absolute atomic E-state index is 5.70. The van der Waals surface area contributed by atoms with Crippen molar-refractivity contribution >= 4 is 21.9 Å². The van der Waals surface area contributed by atoms with Gasteiger partial charge >= 0.3 is 0 Å². The van der Waals surface area contributed by atoms with Crippen molar-refractivity contribution < 1.29 is 13.9 Å². The summed E-state index contributed by atoms with van der Waals surface area (Å²) in [5.41, 5.74) is 1.02. The van der Waals surface area contributed by atoms with E-state index in [-0.39, 0.29) is 6.10 Å². The molecule has 0 spiro atoms. The molecule has 1 aliphatic rings. The Morgan fingerprint density at radius 2 is 2.26 bits per heavy atom. The number of methoxy groups -OCH3 is 1. The van der Waals surface area contributed by atoms with E-state index < -0.39 is 0 Å². The van der Waals surface area contributed by atoms with Crippen LogP contribution in [0, 0.1) is 0 Å². The smallest absolute Gasteiger partial charge is 0.191 e. The lowest BCUT2D eigenvalue weighted by Gasteiger charge is -2.16. The van der Waals surface area contributed by atoms with Crippen LogP contribution in [0.2, 0.25) is 0 Å². The Balaban J connectivity index is 1.61. The predicted molar refractivity (Wildman–Crippen MR) is 109 cm³/mol. The van der Waals surface area contributed by atoms with Gasteiger partial charge in [-0.1, -0.05) is 15.9 Å². The van der Waals surface area contributed by atoms with Gasteiger partial charge in [0.05, 0.1) is 26.0 Å². The Kier molecular flexibility index (Phi) is 7.59. The molecule has 1 fully saturated rings. The van der Waals surface area contributed by atoms with Crippen LogP contribution in [-0.4, -0.2) is 38.9 Å². The predicted octanol–water partition coefficient (Wildman–Crippen LogP) is 3.51. The van der Waals surface area contributed by atoms with E-state index in [2.05, 4.69) is 26.6 Å². The summed E-state index contributed by atoms with van der Waals surface area (Å²) in [6.07, 6.45) is 4.96. The van der Waals surface area contributed by atoms with Gasteiger partial charge in [0.25, 0.3) is 0 Å². The quantitative estimate of drug-likeness (QED) is 0.490. The van der Waals surface area contributed by atoms with Crippen LogP contribution >= 0.6 is 15.9 Å². The Bertz CT molecular complexity index is 728. The van der Waals surface area contributed by atoms with E-state index in [0.717, 1.165) is 66.5 Å². The lowest BCUT2D eigenvalue weighted by Crippen LogP contribution is -2.41. The van der Waals surface area contributed by atoms with Crippen LogP contribution in [0.25, 0.3) is 0 Å². The highest BCUT2D eigenvalue weighted by atomic mass is 79.9. The molecule has 0 amide bonds. The van der Waals surface area contributed by atoms with E-state index in [4.69, 9.17) is 18.9 Å². The lowest BCUT2D eigenvalue weighted by atomic mass is 10.2.